The number of nitrogens with two attached hydrogens (primary N) is 1. The molecular weight excluding hydrogens is 230 g/mol. The van der Waals surface area contributed by atoms with E-state index in [1.165, 1.54) is 0 Å². The number of aliphatic hydroxyl groups is 1. The van der Waals surface area contributed by atoms with Crippen molar-refractivity contribution in [1.29, 1.82) is 0 Å². The number of hydrogen-bond donors (Lipinski definition) is 4. The second-order valence-electron chi connectivity index (χ2n) is 4.25. The molecule has 0 saturated carbocycles. The zero-order valence-corrected chi connectivity index (χ0v) is 11.1. The molecule has 6 heteroatoms. The van der Waals surface area contributed by atoms with Gasteiger partial charge in [-0.1, -0.05) is 20.3 Å². The topological polar surface area (TPSA) is 96.1 Å². The maximum absolute atomic E-state index is 9.64. The Balaban J connectivity index is 2.56. The van der Waals surface area contributed by atoms with Crippen molar-refractivity contribution in [2.75, 3.05) is 29.5 Å². The first kappa shape index (κ1) is 14.5. The predicted molar refractivity (Wildman–Crippen MR) is 74.6 cm³/mol. The van der Waals surface area contributed by atoms with Crippen LogP contribution < -0.4 is 16.4 Å². The van der Waals surface area contributed by atoms with Crippen LogP contribution in [0.1, 0.15) is 33.1 Å². The average molecular weight is 253 g/mol. The van der Waals surface area contributed by atoms with Crippen molar-refractivity contribution in [3.05, 3.63) is 6.07 Å². The Morgan fingerprint density at radius 1 is 1.22 bits per heavy atom. The van der Waals surface area contributed by atoms with Gasteiger partial charge in [0.1, 0.15) is 11.6 Å². The molecule has 1 atom stereocenters. The van der Waals surface area contributed by atoms with Crippen LogP contribution in [0.15, 0.2) is 6.07 Å². The van der Waals surface area contributed by atoms with E-state index in [1.807, 2.05) is 6.92 Å². The van der Waals surface area contributed by atoms with Crippen LogP contribution >= 0.6 is 0 Å². The van der Waals surface area contributed by atoms with Gasteiger partial charge in [0.05, 0.1) is 6.10 Å². The van der Waals surface area contributed by atoms with Crippen LogP contribution in [0.4, 0.5) is 17.6 Å². The normalized spacial score (nSPS) is 12.2. The third-order valence-electron chi connectivity index (χ3n) is 2.44. The van der Waals surface area contributed by atoms with E-state index in [9.17, 15) is 5.11 Å². The molecule has 1 aromatic rings. The standard InChI is InChI=1S/C12H23N5O/c1-3-5-9(18)8-15-11-7-10(14-6-4-2)16-12(13)17-11/h7,9,18H,3-6,8H2,1-2H3,(H4,13,14,15,16,17). The lowest BCUT2D eigenvalue weighted by molar-refractivity contribution is 0.176. The zero-order chi connectivity index (χ0) is 13.4. The van der Waals surface area contributed by atoms with Gasteiger partial charge in [-0.25, -0.2) is 0 Å². The summed E-state index contributed by atoms with van der Waals surface area (Å²) in [4.78, 5) is 8.17. The molecule has 1 heterocycles. The minimum Gasteiger partial charge on any atom is -0.391 e. The smallest absolute Gasteiger partial charge is 0.223 e. The lowest BCUT2D eigenvalue weighted by atomic mass is 10.2. The molecular formula is C12H23N5O. The van der Waals surface area contributed by atoms with Gasteiger partial charge in [-0.05, 0) is 12.8 Å². The van der Waals surface area contributed by atoms with Crippen molar-refractivity contribution in [1.82, 2.24) is 9.97 Å². The number of aromatic nitrogens is 2. The Kier molecular flexibility index (Phi) is 6.21. The van der Waals surface area contributed by atoms with E-state index in [-0.39, 0.29) is 12.1 Å². The molecule has 0 aliphatic carbocycles. The summed E-state index contributed by atoms with van der Waals surface area (Å²) in [6.45, 7) is 5.43. The van der Waals surface area contributed by atoms with Gasteiger partial charge in [-0.3, -0.25) is 0 Å². The van der Waals surface area contributed by atoms with Gasteiger partial charge in [0, 0.05) is 19.2 Å². The van der Waals surface area contributed by atoms with Crippen molar-refractivity contribution in [3.8, 4) is 0 Å². The van der Waals surface area contributed by atoms with E-state index in [0.717, 1.165) is 25.8 Å². The van der Waals surface area contributed by atoms with Gasteiger partial charge in [0.25, 0.3) is 0 Å². The number of rotatable bonds is 8. The first-order valence-electron chi connectivity index (χ1n) is 6.46. The molecule has 0 radical (unpaired) electrons. The Morgan fingerprint density at radius 2 is 1.89 bits per heavy atom. The summed E-state index contributed by atoms with van der Waals surface area (Å²) in [6, 6.07) is 1.80. The molecule has 0 bridgehead atoms. The van der Waals surface area contributed by atoms with Crippen molar-refractivity contribution in [2.45, 2.75) is 39.2 Å². The molecule has 0 aliphatic heterocycles. The van der Waals surface area contributed by atoms with Crippen LogP contribution in [0.2, 0.25) is 0 Å². The highest BCUT2D eigenvalue weighted by Crippen LogP contribution is 2.12. The lowest BCUT2D eigenvalue weighted by Crippen LogP contribution is -2.20. The number of nitrogens with one attached hydrogen (secondary N) is 2. The van der Waals surface area contributed by atoms with E-state index in [0.29, 0.717) is 18.2 Å². The molecule has 0 spiro atoms. The summed E-state index contributed by atoms with van der Waals surface area (Å²) in [7, 11) is 0. The molecule has 0 aromatic carbocycles. The van der Waals surface area contributed by atoms with Crippen LogP contribution in [0, 0.1) is 0 Å². The molecule has 5 N–H and O–H groups in total. The molecule has 1 aromatic heterocycles. The van der Waals surface area contributed by atoms with Crippen molar-refractivity contribution in [2.24, 2.45) is 0 Å². The SMILES string of the molecule is CCCNc1cc(NCC(O)CCC)nc(N)n1. The van der Waals surface area contributed by atoms with E-state index in [1.54, 1.807) is 6.07 Å². The highest BCUT2D eigenvalue weighted by Gasteiger charge is 2.05. The molecule has 0 saturated heterocycles. The first-order chi connectivity index (χ1) is 8.65. The molecule has 0 aliphatic rings. The summed E-state index contributed by atoms with van der Waals surface area (Å²) in [5.41, 5.74) is 5.63. The highest BCUT2D eigenvalue weighted by atomic mass is 16.3. The van der Waals surface area contributed by atoms with Crippen molar-refractivity contribution in [3.63, 3.8) is 0 Å². The maximum atomic E-state index is 9.64. The maximum Gasteiger partial charge on any atom is 0.223 e. The fourth-order valence-electron chi connectivity index (χ4n) is 1.56. The van der Waals surface area contributed by atoms with Crippen LogP contribution in [0.5, 0.6) is 0 Å². The van der Waals surface area contributed by atoms with E-state index >= 15 is 0 Å². The first-order valence-corrected chi connectivity index (χ1v) is 6.46. The Morgan fingerprint density at radius 3 is 2.50 bits per heavy atom. The Labute approximate surface area is 108 Å². The number of aliphatic hydroxyl groups excluding tert-OH is 1. The number of hydrogen-bond acceptors (Lipinski definition) is 6. The summed E-state index contributed by atoms with van der Waals surface area (Å²) < 4.78 is 0. The van der Waals surface area contributed by atoms with E-state index in [2.05, 4.69) is 27.5 Å². The van der Waals surface area contributed by atoms with E-state index < -0.39 is 0 Å². The van der Waals surface area contributed by atoms with Crippen LogP contribution in [0.3, 0.4) is 0 Å². The summed E-state index contributed by atoms with van der Waals surface area (Å²) >= 11 is 0. The van der Waals surface area contributed by atoms with Gasteiger partial charge < -0.3 is 21.5 Å². The summed E-state index contributed by atoms with van der Waals surface area (Å²) in [5.74, 6) is 1.57. The quantitative estimate of drug-likeness (QED) is 0.560. The van der Waals surface area contributed by atoms with Crippen LogP contribution in [-0.4, -0.2) is 34.3 Å². The fourth-order valence-corrected chi connectivity index (χ4v) is 1.56. The lowest BCUT2D eigenvalue weighted by Gasteiger charge is -2.12. The molecule has 0 amide bonds. The van der Waals surface area contributed by atoms with Crippen LogP contribution in [0.25, 0.3) is 0 Å². The van der Waals surface area contributed by atoms with E-state index in [4.69, 9.17) is 5.73 Å². The van der Waals surface area contributed by atoms with Gasteiger partial charge in [-0.15, -0.1) is 0 Å². The molecule has 0 fully saturated rings. The summed E-state index contributed by atoms with van der Waals surface area (Å²) in [6.07, 6.45) is 2.38. The second kappa shape index (κ2) is 7.71. The monoisotopic (exact) mass is 253 g/mol. The number of nitrogen functional groups attached to an aromatic ring is 1. The zero-order valence-electron chi connectivity index (χ0n) is 11.1. The van der Waals surface area contributed by atoms with Gasteiger partial charge in [0.15, 0.2) is 0 Å². The Hall–Kier alpha value is -1.56. The third-order valence-corrected chi connectivity index (χ3v) is 2.44. The van der Waals surface area contributed by atoms with Crippen molar-refractivity contribution >= 4 is 17.6 Å². The minimum absolute atomic E-state index is 0.226. The predicted octanol–water partition coefficient (Wildman–Crippen LogP) is 1.45. The summed E-state index contributed by atoms with van der Waals surface area (Å²) in [5, 5.41) is 15.9. The van der Waals surface area contributed by atoms with Gasteiger partial charge >= 0.3 is 0 Å². The van der Waals surface area contributed by atoms with Crippen LogP contribution in [-0.2, 0) is 0 Å². The molecule has 1 unspecified atom stereocenters. The second-order valence-corrected chi connectivity index (χ2v) is 4.25. The molecule has 18 heavy (non-hydrogen) atoms. The van der Waals surface area contributed by atoms with Gasteiger partial charge in [0.2, 0.25) is 5.95 Å². The van der Waals surface area contributed by atoms with Gasteiger partial charge in [-0.2, -0.15) is 9.97 Å². The number of anilines is 3. The minimum atomic E-state index is -0.363. The fraction of sp³-hybridized carbons (Fsp3) is 0.667. The molecule has 102 valence electrons. The Bertz CT molecular complexity index is 358. The highest BCUT2D eigenvalue weighted by molar-refractivity contribution is 5.50. The largest absolute Gasteiger partial charge is 0.391 e. The number of nitrogens with zero attached hydrogens (tertiary/aromatic N) is 2. The average Bonchev–Trinajstić information content (AvgIpc) is 2.34. The molecule has 1 rings (SSSR count). The van der Waals surface area contributed by atoms with Crippen molar-refractivity contribution < 1.29 is 5.11 Å². The third kappa shape index (κ3) is 5.18. The molecule has 6 nitrogen and oxygen atoms in total.